The summed E-state index contributed by atoms with van der Waals surface area (Å²) in [5.74, 6) is 0.864. The Kier molecular flexibility index (Phi) is 8.80. The number of esters is 1. The minimum atomic E-state index is -0.751. The average Bonchev–Trinajstić information content (AvgIpc) is 3.64. The Morgan fingerprint density at radius 1 is 1.02 bits per heavy atom. The van der Waals surface area contributed by atoms with Crippen molar-refractivity contribution in [1.82, 2.24) is 14.3 Å². The van der Waals surface area contributed by atoms with Gasteiger partial charge in [-0.25, -0.2) is 14.5 Å². The molecule has 0 amide bonds. The Morgan fingerprint density at radius 2 is 1.74 bits per heavy atom. The molecule has 3 aromatic carbocycles. The monoisotopic (exact) mass is 632 g/mol. The van der Waals surface area contributed by atoms with E-state index < -0.39 is 12.0 Å². The molecule has 0 aliphatic carbocycles. The van der Waals surface area contributed by atoms with E-state index in [0.29, 0.717) is 33.1 Å². The predicted octanol–water partition coefficient (Wildman–Crippen LogP) is 5.22. The second kappa shape index (κ2) is 13.3. The van der Waals surface area contributed by atoms with Crippen LogP contribution in [0.3, 0.4) is 0 Å². The molecule has 0 saturated heterocycles. The number of benzene rings is 3. The lowest BCUT2D eigenvalue weighted by atomic mass is 9.96. The number of nitrogens with zero attached hydrogens (tertiary/aromatic N) is 4. The molecule has 46 heavy (non-hydrogen) atoms. The minimum absolute atomic E-state index is 0.0368. The van der Waals surface area contributed by atoms with E-state index in [1.165, 1.54) is 17.4 Å². The molecule has 1 aliphatic rings. The van der Waals surface area contributed by atoms with Crippen LogP contribution in [-0.4, -0.2) is 40.6 Å². The zero-order valence-corrected chi connectivity index (χ0v) is 26.5. The number of thiazole rings is 1. The third-order valence-corrected chi connectivity index (χ3v) is 8.48. The summed E-state index contributed by atoms with van der Waals surface area (Å²) in [6.07, 6.45) is 5.24. The van der Waals surface area contributed by atoms with Crippen LogP contribution in [0.2, 0.25) is 0 Å². The van der Waals surface area contributed by atoms with Crippen LogP contribution in [0.5, 0.6) is 11.5 Å². The molecule has 10 heteroatoms. The summed E-state index contributed by atoms with van der Waals surface area (Å²) in [6.45, 7) is 7.95. The summed E-state index contributed by atoms with van der Waals surface area (Å²) in [5.41, 5.74) is 4.42. The number of ether oxygens (including phenoxy) is 3. The molecule has 0 radical (unpaired) electrons. The first-order valence-corrected chi connectivity index (χ1v) is 15.6. The highest BCUT2D eigenvalue weighted by Gasteiger charge is 2.33. The first-order valence-electron chi connectivity index (χ1n) is 14.7. The van der Waals surface area contributed by atoms with Gasteiger partial charge in [-0.2, -0.15) is 5.10 Å². The van der Waals surface area contributed by atoms with E-state index in [0.717, 1.165) is 28.1 Å². The number of aromatic nitrogens is 3. The van der Waals surface area contributed by atoms with Crippen LogP contribution in [0.1, 0.15) is 31.0 Å². The van der Waals surface area contributed by atoms with Crippen molar-refractivity contribution in [2.45, 2.75) is 19.9 Å². The number of hydrogen-bond donors (Lipinski definition) is 0. The minimum Gasteiger partial charge on any atom is -0.497 e. The van der Waals surface area contributed by atoms with Gasteiger partial charge in [0.1, 0.15) is 23.8 Å². The highest BCUT2D eigenvalue weighted by Crippen LogP contribution is 2.32. The molecule has 0 fully saturated rings. The van der Waals surface area contributed by atoms with Crippen LogP contribution in [0.4, 0.5) is 0 Å². The SMILES string of the molecule is C=CCOC(=O)C1=C(C)N=c2s/c(=C\c3cn(-c4ccccc4)nc3-c3ccc(OCC)cc3)c(=O)n2C1c1ccc(OC)cc1. The lowest BCUT2D eigenvalue weighted by Crippen LogP contribution is -2.39. The van der Waals surface area contributed by atoms with E-state index in [4.69, 9.17) is 24.3 Å². The summed E-state index contributed by atoms with van der Waals surface area (Å²) < 4.78 is 20.2. The summed E-state index contributed by atoms with van der Waals surface area (Å²) >= 11 is 1.26. The van der Waals surface area contributed by atoms with Gasteiger partial charge in [0.05, 0.1) is 41.2 Å². The van der Waals surface area contributed by atoms with Crippen molar-refractivity contribution in [2.75, 3.05) is 20.3 Å². The van der Waals surface area contributed by atoms with E-state index >= 15 is 0 Å². The van der Waals surface area contributed by atoms with Gasteiger partial charge in [-0.15, -0.1) is 0 Å². The van der Waals surface area contributed by atoms with Crippen LogP contribution < -0.4 is 24.4 Å². The maximum atomic E-state index is 14.3. The molecule has 0 spiro atoms. The van der Waals surface area contributed by atoms with Gasteiger partial charge < -0.3 is 14.2 Å². The average molecular weight is 633 g/mol. The van der Waals surface area contributed by atoms with Crippen LogP contribution in [0, 0.1) is 0 Å². The zero-order valence-electron chi connectivity index (χ0n) is 25.7. The van der Waals surface area contributed by atoms with Crippen LogP contribution >= 0.6 is 11.3 Å². The van der Waals surface area contributed by atoms with E-state index in [1.54, 1.807) is 35.4 Å². The topological polar surface area (TPSA) is 96.9 Å². The maximum Gasteiger partial charge on any atom is 0.338 e. The Balaban J connectivity index is 1.52. The molecule has 1 aliphatic heterocycles. The molecule has 0 N–H and O–H groups in total. The molecule has 0 bridgehead atoms. The molecular formula is C36H32N4O5S. The van der Waals surface area contributed by atoms with Crippen molar-refractivity contribution in [1.29, 1.82) is 0 Å². The normalized spacial score (nSPS) is 14.4. The first-order chi connectivity index (χ1) is 22.4. The summed E-state index contributed by atoms with van der Waals surface area (Å²) in [4.78, 5) is 32.8. The fraction of sp³-hybridized carbons (Fsp3) is 0.167. The number of allylic oxidation sites excluding steroid dienone is 1. The zero-order chi connectivity index (χ0) is 32.2. The van der Waals surface area contributed by atoms with Crippen molar-refractivity contribution in [3.05, 3.63) is 140 Å². The largest absolute Gasteiger partial charge is 0.497 e. The maximum absolute atomic E-state index is 14.3. The highest BCUT2D eigenvalue weighted by atomic mass is 32.1. The Labute approximate surface area is 269 Å². The number of methoxy groups -OCH3 is 1. The highest BCUT2D eigenvalue weighted by molar-refractivity contribution is 7.07. The molecule has 2 aromatic heterocycles. The number of hydrogen-bond acceptors (Lipinski definition) is 8. The van der Waals surface area contributed by atoms with Gasteiger partial charge in [0.25, 0.3) is 5.56 Å². The Morgan fingerprint density at radius 3 is 2.41 bits per heavy atom. The van der Waals surface area contributed by atoms with E-state index in [1.807, 2.05) is 85.9 Å². The second-order valence-corrected chi connectivity index (χ2v) is 11.4. The van der Waals surface area contributed by atoms with Crippen molar-refractivity contribution >= 4 is 23.4 Å². The summed E-state index contributed by atoms with van der Waals surface area (Å²) in [5, 5.41) is 4.92. The smallest absolute Gasteiger partial charge is 0.338 e. The molecule has 1 unspecified atom stereocenters. The third-order valence-electron chi connectivity index (χ3n) is 7.49. The van der Waals surface area contributed by atoms with Gasteiger partial charge >= 0.3 is 5.97 Å². The molecule has 3 heterocycles. The molecule has 6 rings (SSSR count). The number of carbonyl (C=O) groups excluding carboxylic acids is 1. The second-order valence-electron chi connectivity index (χ2n) is 10.4. The van der Waals surface area contributed by atoms with E-state index in [9.17, 15) is 9.59 Å². The molecular weight excluding hydrogens is 600 g/mol. The van der Waals surface area contributed by atoms with Gasteiger partial charge in [-0.05, 0) is 74.0 Å². The van der Waals surface area contributed by atoms with Gasteiger partial charge in [0, 0.05) is 17.3 Å². The predicted molar refractivity (Wildman–Crippen MR) is 178 cm³/mol. The van der Waals surface area contributed by atoms with Gasteiger partial charge in [-0.1, -0.05) is 54.3 Å². The quantitative estimate of drug-likeness (QED) is 0.155. The number of fused-ring (bicyclic) bond motifs is 1. The van der Waals surface area contributed by atoms with E-state index in [-0.39, 0.29) is 17.7 Å². The van der Waals surface area contributed by atoms with Gasteiger partial charge in [0.15, 0.2) is 4.80 Å². The summed E-state index contributed by atoms with van der Waals surface area (Å²) in [7, 11) is 1.59. The fourth-order valence-corrected chi connectivity index (χ4v) is 6.38. The van der Waals surface area contributed by atoms with Crippen molar-refractivity contribution in [2.24, 2.45) is 4.99 Å². The molecule has 9 nitrogen and oxygen atoms in total. The summed E-state index contributed by atoms with van der Waals surface area (Å²) in [6, 6.07) is 24.0. The van der Waals surface area contributed by atoms with Crippen molar-refractivity contribution in [3.63, 3.8) is 0 Å². The molecule has 232 valence electrons. The van der Waals surface area contributed by atoms with Crippen molar-refractivity contribution < 1.29 is 19.0 Å². The number of rotatable bonds is 10. The lowest BCUT2D eigenvalue weighted by Gasteiger charge is -2.24. The fourth-order valence-electron chi connectivity index (χ4n) is 5.34. The number of para-hydroxylation sites is 1. The molecule has 1 atom stereocenters. The Hall–Kier alpha value is -5.48. The lowest BCUT2D eigenvalue weighted by molar-refractivity contribution is -0.138. The standard InChI is InChI=1S/C36H32N4O5S/c1-5-20-45-35(42)31-23(3)37-36-40(33(31)25-14-16-28(43-4)17-15-25)34(41)30(46-36)21-26-22-39(27-10-8-7-9-11-27)38-32(26)24-12-18-29(19-13-24)44-6-2/h5,7-19,21-22,33H,1,6,20H2,2-4H3/b30-21-. The molecule has 5 aromatic rings. The van der Waals surface area contributed by atoms with Crippen LogP contribution in [0.15, 0.2) is 119 Å². The van der Waals surface area contributed by atoms with Gasteiger partial charge in [0.2, 0.25) is 0 Å². The van der Waals surface area contributed by atoms with Crippen molar-refractivity contribution in [3.8, 4) is 28.4 Å². The Bertz CT molecular complexity index is 2110. The molecule has 0 saturated carbocycles. The van der Waals surface area contributed by atoms with Crippen LogP contribution in [-0.2, 0) is 9.53 Å². The van der Waals surface area contributed by atoms with Crippen LogP contribution in [0.25, 0.3) is 23.0 Å². The van der Waals surface area contributed by atoms with Gasteiger partial charge in [-0.3, -0.25) is 9.36 Å². The first kappa shape index (κ1) is 30.5. The third kappa shape index (κ3) is 5.94. The number of carbonyl (C=O) groups is 1. The van der Waals surface area contributed by atoms with E-state index in [2.05, 4.69) is 6.58 Å².